The van der Waals surface area contributed by atoms with Crippen molar-refractivity contribution in [3.05, 3.63) is 32.8 Å². The van der Waals surface area contributed by atoms with Gasteiger partial charge in [0.05, 0.1) is 18.1 Å². The summed E-state index contributed by atoms with van der Waals surface area (Å²) in [6.07, 6.45) is 6.42. The third kappa shape index (κ3) is 8.64. The lowest BCUT2D eigenvalue weighted by Gasteiger charge is -2.30. The van der Waals surface area contributed by atoms with Crippen LogP contribution in [0.25, 0.3) is 0 Å². The van der Waals surface area contributed by atoms with Crippen LogP contribution in [0, 0.1) is 16.0 Å². The molecule has 2 rings (SSSR count). The Hall–Kier alpha value is -2.68. The van der Waals surface area contributed by atoms with Crippen LogP contribution in [0.5, 0.6) is 5.75 Å². The fraction of sp³-hybridized carbons (Fsp3) is 0.609. The summed E-state index contributed by atoms with van der Waals surface area (Å²) in [5.41, 5.74) is -0.569. The molecule has 10 heteroatoms. The standard InChI is InChI=1S/C23H31ClN2O7/c1-16(27)20-13-19(14-21(24)23(20)26(30)31)33-11-6-9-22(29)25(10-12-32-17(2)28)15-18-7-4-3-5-8-18/h13-14,18H,3-12,15H2,1-2H3. The molecular formula is C23H31ClN2O7. The van der Waals surface area contributed by atoms with E-state index < -0.39 is 16.4 Å². The third-order valence-corrected chi connectivity index (χ3v) is 5.91. The van der Waals surface area contributed by atoms with Crippen LogP contribution < -0.4 is 4.74 Å². The predicted octanol–water partition coefficient (Wildman–Crippen LogP) is 4.58. The maximum absolute atomic E-state index is 12.8. The van der Waals surface area contributed by atoms with Gasteiger partial charge in [-0.1, -0.05) is 30.9 Å². The molecule has 0 unspecified atom stereocenters. The van der Waals surface area contributed by atoms with E-state index in [0.29, 0.717) is 25.4 Å². The quantitative estimate of drug-likeness (QED) is 0.141. The van der Waals surface area contributed by atoms with Gasteiger partial charge in [-0.3, -0.25) is 24.5 Å². The first kappa shape index (κ1) is 26.6. The first-order valence-electron chi connectivity index (χ1n) is 11.2. The molecule has 1 aromatic carbocycles. The minimum Gasteiger partial charge on any atom is -0.493 e. The van der Waals surface area contributed by atoms with Crippen molar-refractivity contribution in [3.63, 3.8) is 0 Å². The van der Waals surface area contributed by atoms with Crippen LogP contribution in [0.4, 0.5) is 5.69 Å². The zero-order valence-corrected chi connectivity index (χ0v) is 19.9. The number of esters is 1. The zero-order valence-electron chi connectivity index (χ0n) is 19.1. The van der Waals surface area contributed by atoms with Crippen LogP contribution in [0.2, 0.25) is 5.02 Å². The van der Waals surface area contributed by atoms with Crippen molar-refractivity contribution in [3.8, 4) is 5.75 Å². The highest BCUT2D eigenvalue weighted by molar-refractivity contribution is 6.33. The number of ether oxygens (including phenoxy) is 2. The molecule has 1 aromatic rings. The number of carbonyl (C=O) groups excluding carboxylic acids is 3. The molecule has 1 aliphatic carbocycles. The highest BCUT2D eigenvalue weighted by Crippen LogP contribution is 2.33. The molecule has 1 fully saturated rings. The second-order valence-corrected chi connectivity index (χ2v) is 8.66. The molecule has 0 atom stereocenters. The van der Waals surface area contributed by atoms with Gasteiger partial charge in [0.15, 0.2) is 5.78 Å². The number of Topliss-reactive ketones (excluding diaryl/α,β-unsaturated/α-hetero) is 1. The third-order valence-electron chi connectivity index (χ3n) is 5.63. The Kier molecular flexibility index (Phi) is 10.6. The number of nitro groups is 1. The van der Waals surface area contributed by atoms with E-state index in [-0.39, 0.29) is 47.8 Å². The largest absolute Gasteiger partial charge is 0.493 e. The maximum Gasteiger partial charge on any atom is 0.302 e. The highest BCUT2D eigenvalue weighted by atomic mass is 35.5. The van der Waals surface area contributed by atoms with E-state index in [0.717, 1.165) is 12.8 Å². The van der Waals surface area contributed by atoms with Crippen molar-refractivity contribution in [1.29, 1.82) is 0 Å². The number of carbonyl (C=O) groups is 3. The van der Waals surface area contributed by atoms with Gasteiger partial charge in [0.25, 0.3) is 5.69 Å². The molecule has 33 heavy (non-hydrogen) atoms. The maximum atomic E-state index is 12.8. The zero-order chi connectivity index (χ0) is 24.4. The summed E-state index contributed by atoms with van der Waals surface area (Å²) in [6.45, 7) is 3.92. The lowest BCUT2D eigenvalue weighted by molar-refractivity contribution is -0.385. The number of rotatable bonds is 12. The van der Waals surface area contributed by atoms with Gasteiger partial charge < -0.3 is 14.4 Å². The molecule has 0 aliphatic heterocycles. The topological polar surface area (TPSA) is 116 Å². The molecule has 0 N–H and O–H groups in total. The minimum absolute atomic E-state index is 0.0394. The van der Waals surface area contributed by atoms with Gasteiger partial charge in [0.1, 0.15) is 22.9 Å². The van der Waals surface area contributed by atoms with Crippen LogP contribution in [0.3, 0.4) is 0 Å². The van der Waals surface area contributed by atoms with Crippen molar-refractivity contribution in [2.75, 3.05) is 26.3 Å². The summed E-state index contributed by atoms with van der Waals surface area (Å²) in [5.74, 6) is -0.210. The monoisotopic (exact) mass is 482 g/mol. The molecule has 0 radical (unpaired) electrons. The summed E-state index contributed by atoms with van der Waals surface area (Å²) >= 11 is 5.97. The molecule has 0 aromatic heterocycles. The van der Waals surface area contributed by atoms with Crippen molar-refractivity contribution >= 4 is 34.9 Å². The molecule has 1 aliphatic rings. The first-order valence-corrected chi connectivity index (χ1v) is 11.6. The summed E-state index contributed by atoms with van der Waals surface area (Å²) in [5, 5.41) is 11.0. The summed E-state index contributed by atoms with van der Waals surface area (Å²) in [4.78, 5) is 47.9. The average Bonchev–Trinajstić information content (AvgIpc) is 2.75. The van der Waals surface area contributed by atoms with E-state index in [9.17, 15) is 24.5 Å². The van der Waals surface area contributed by atoms with E-state index in [4.69, 9.17) is 21.1 Å². The average molecular weight is 483 g/mol. The Bertz CT molecular complexity index is 869. The van der Waals surface area contributed by atoms with Gasteiger partial charge in [0.2, 0.25) is 5.91 Å². The van der Waals surface area contributed by atoms with Crippen LogP contribution in [0.15, 0.2) is 12.1 Å². The Morgan fingerprint density at radius 2 is 1.85 bits per heavy atom. The van der Waals surface area contributed by atoms with E-state index in [1.807, 2.05) is 0 Å². The highest BCUT2D eigenvalue weighted by Gasteiger charge is 2.24. The summed E-state index contributed by atoms with van der Waals surface area (Å²) in [6, 6.07) is 2.59. The van der Waals surface area contributed by atoms with Gasteiger partial charge in [0, 0.05) is 26.0 Å². The Morgan fingerprint density at radius 1 is 1.15 bits per heavy atom. The van der Waals surface area contributed by atoms with Gasteiger partial charge in [-0.2, -0.15) is 0 Å². The fourth-order valence-corrected chi connectivity index (χ4v) is 4.26. The number of nitro benzene ring substituents is 1. The SMILES string of the molecule is CC(=O)OCCN(CC1CCCCC1)C(=O)CCCOc1cc(Cl)c([N+](=O)[O-])c(C(C)=O)c1. The summed E-state index contributed by atoms with van der Waals surface area (Å²) in [7, 11) is 0. The molecule has 0 spiro atoms. The minimum atomic E-state index is -0.696. The molecule has 0 heterocycles. The second kappa shape index (κ2) is 13.1. The van der Waals surface area contributed by atoms with Crippen LogP contribution in [-0.2, 0) is 14.3 Å². The van der Waals surface area contributed by atoms with E-state index in [1.54, 1.807) is 4.90 Å². The number of nitrogens with zero attached hydrogens (tertiary/aromatic N) is 2. The molecular weight excluding hydrogens is 452 g/mol. The Balaban J connectivity index is 1.91. The number of amides is 1. The first-order chi connectivity index (χ1) is 15.7. The van der Waals surface area contributed by atoms with Crippen LogP contribution >= 0.6 is 11.6 Å². The lowest BCUT2D eigenvalue weighted by atomic mass is 9.89. The molecule has 0 bridgehead atoms. The van der Waals surface area contributed by atoms with Crippen molar-refractivity contribution in [2.45, 2.75) is 58.8 Å². The van der Waals surface area contributed by atoms with Crippen molar-refractivity contribution in [1.82, 2.24) is 4.90 Å². The Labute approximate surface area is 198 Å². The molecule has 1 amide bonds. The van der Waals surface area contributed by atoms with Gasteiger partial charge in [-0.25, -0.2) is 0 Å². The van der Waals surface area contributed by atoms with E-state index in [2.05, 4.69) is 0 Å². The Morgan fingerprint density at radius 3 is 2.45 bits per heavy atom. The van der Waals surface area contributed by atoms with Crippen molar-refractivity contribution < 1.29 is 28.8 Å². The van der Waals surface area contributed by atoms with Crippen LogP contribution in [-0.4, -0.2) is 53.8 Å². The molecule has 9 nitrogen and oxygen atoms in total. The van der Waals surface area contributed by atoms with E-state index >= 15 is 0 Å². The fourth-order valence-electron chi connectivity index (χ4n) is 3.98. The number of hydrogen-bond donors (Lipinski definition) is 0. The normalized spacial score (nSPS) is 13.9. The predicted molar refractivity (Wildman–Crippen MR) is 123 cm³/mol. The molecule has 0 saturated heterocycles. The number of halogens is 1. The second-order valence-electron chi connectivity index (χ2n) is 8.25. The van der Waals surface area contributed by atoms with Crippen LogP contribution in [0.1, 0.15) is 69.2 Å². The van der Waals surface area contributed by atoms with Gasteiger partial charge in [-0.15, -0.1) is 0 Å². The smallest absolute Gasteiger partial charge is 0.302 e. The van der Waals surface area contributed by atoms with Crippen molar-refractivity contribution in [2.24, 2.45) is 5.92 Å². The number of benzene rings is 1. The number of hydrogen-bond acceptors (Lipinski definition) is 7. The van der Waals surface area contributed by atoms with Gasteiger partial charge >= 0.3 is 5.97 Å². The molecule has 182 valence electrons. The number of ketones is 1. The van der Waals surface area contributed by atoms with E-state index in [1.165, 1.54) is 45.2 Å². The lowest BCUT2D eigenvalue weighted by Crippen LogP contribution is -2.38. The summed E-state index contributed by atoms with van der Waals surface area (Å²) < 4.78 is 10.6. The van der Waals surface area contributed by atoms with Gasteiger partial charge in [-0.05, 0) is 38.2 Å². The molecule has 1 saturated carbocycles.